The normalized spacial score (nSPS) is 14.3. The summed E-state index contributed by atoms with van der Waals surface area (Å²) in [6.45, 7) is 3.41. The number of benzene rings is 1. The van der Waals surface area contributed by atoms with Gasteiger partial charge in [0.1, 0.15) is 11.6 Å². The summed E-state index contributed by atoms with van der Waals surface area (Å²) >= 11 is 0. The number of rotatable bonds is 6. The Balaban J connectivity index is 1.51. The highest BCUT2D eigenvalue weighted by Gasteiger charge is 2.31. The molecule has 3 heterocycles. The van der Waals surface area contributed by atoms with Crippen LogP contribution in [0.25, 0.3) is 11.1 Å². The Hall–Kier alpha value is -3.33. The lowest BCUT2D eigenvalue weighted by atomic mass is 10.0. The molecule has 0 radical (unpaired) electrons. The van der Waals surface area contributed by atoms with E-state index in [4.69, 9.17) is 0 Å². The average Bonchev–Trinajstić information content (AvgIpc) is 2.70. The predicted octanol–water partition coefficient (Wildman–Crippen LogP) is 4.14. The summed E-state index contributed by atoms with van der Waals surface area (Å²) in [5, 5.41) is 12.8. The first-order chi connectivity index (χ1) is 14.8. The van der Waals surface area contributed by atoms with Crippen LogP contribution < -0.4 is 15.0 Å². The molecule has 3 aromatic rings. The van der Waals surface area contributed by atoms with E-state index in [1.807, 2.05) is 30.0 Å². The third-order valence-corrected chi connectivity index (χ3v) is 4.89. The number of halogens is 3. The van der Waals surface area contributed by atoms with Crippen LogP contribution in [-0.4, -0.2) is 40.6 Å². The van der Waals surface area contributed by atoms with Crippen molar-refractivity contribution in [3.63, 3.8) is 0 Å². The van der Waals surface area contributed by atoms with E-state index in [1.54, 1.807) is 12.4 Å². The van der Waals surface area contributed by atoms with Gasteiger partial charge in [0.15, 0.2) is 0 Å². The Morgan fingerprint density at radius 2 is 1.84 bits per heavy atom. The maximum atomic E-state index is 12.3. The van der Waals surface area contributed by atoms with Crippen molar-refractivity contribution in [3.05, 3.63) is 66.1 Å². The van der Waals surface area contributed by atoms with Gasteiger partial charge in [0.25, 0.3) is 0 Å². The minimum Gasteiger partial charge on any atom is -0.406 e. The van der Waals surface area contributed by atoms with Gasteiger partial charge in [0, 0.05) is 54.5 Å². The SMILES string of the molecule is Cc1ccc(-c2cc(CNc3ccc(OC(F)(F)F)cc3)cnc2N2CC(O)C2)cn1. The van der Waals surface area contributed by atoms with Gasteiger partial charge in [-0.3, -0.25) is 4.98 Å². The number of alkyl halides is 3. The number of hydrogen-bond acceptors (Lipinski definition) is 6. The van der Waals surface area contributed by atoms with Gasteiger partial charge in [-0.25, -0.2) is 4.98 Å². The number of hydrogen-bond donors (Lipinski definition) is 2. The Kier molecular flexibility index (Phi) is 5.69. The highest BCUT2D eigenvalue weighted by Crippen LogP contribution is 2.32. The minimum absolute atomic E-state index is 0.269. The molecular formula is C22H21F3N4O2. The topological polar surface area (TPSA) is 70.5 Å². The number of anilines is 2. The second kappa shape index (κ2) is 8.43. The molecule has 0 unspecified atom stereocenters. The van der Waals surface area contributed by atoms with E-state index >= 15 is 0 Å². The van der Waals surface area contributed by atoms with Crippen molar-refractivity contribution in [2.24, 2.45) is 0 Å². The zero-order valence-electron chi connectivity index (χ0n) is 16.7. The number of aromatic nitrogens is 2. The number of nitrogens with one attached hydrogen (secondary N) is 1. The number of nitrogens with zero attached hydrogens (tertiary/aromatic N) is 3. The standard InChI is InChI=1S/C22H21F3N4O2/c1-14-2-3-16(11-26-14)20-8-15(10-28-21(20)29-12-18(30)13-29)9-27-17-4-6-19(7-5-17)31-22(23,24)25/h2-8,10-11,18,27,30H,9,12-13H2,1H3. The third kappa shape index (κ3) is 5.24. The second-order valence-corrected chi connectivity index (χ2v) is 7.39. The van der Waals surface area contributed by atoms with Gasteiger partial charge < -0.3 is 20.1 Å². The second-order valence-electron chi connectivity index (χ2n) is 7.39. The van der Waals surface area contributed by atoms with Gasteiger partial charge >= 0.3 is 6.36 Å². The first-order valence-corrected chi connectivity index (χ1v) is 9.71. The summed E-state index contributed by atoms with van der Waals surface area (Å²) in [6, 6.07) is 11.5. The van der Waals surface area contributed by atoms with Crippen molar-refractivity contribution in [3.8, 4) is 16.9 Å². The molecule has 1 saturated heterocycles. The van der Waals surface area contributed by atoms with E-state index in [-0.39, 0.29) is 11.9 Å². The smallest absolute Gasteiger partial charge is 0.406 e. The molecule has 4 rings (SSSR count). The Morgan fingerprint density at radius 1 is 1.10 bits per heavy atom. The average molecular weight is 430 g/mol. The van der Waals surface area contributed by atoms with Crippen LogP contribution in [-0.2, 0) is 6.54 Å². The molecule has 31 heavy (non-hydrogen) atoms. The Morgan fingerprint density at radius 3 is 2.45 bits per heavy atom. The largest absolute Gasteiger partial charge is 0.573 e. The molecular weight excluding hydrogens is 409 g/mol. The van der Waals surface area contributed by atoms with Gasteiger partial charge in [-0.05, 0) is 48.9 Å². The van der Waals surface area contributed by atoms with E-state index < -0.39 is 6.36 Å². The molecule has 0 amide bonds. The molecule has 0 saturated carbocycles. The molecule has 1 aliphatic heterocycles. The zero-order chi connectivity index (χ0) is 22.0. The maximum absolute atomic E-state index is 12.3. The summed E-state index contributed by atoms with van der Waals surface area (Å²) in [5.74, 6) is 0.517. The van der Waals surface area contributed by atoms with Crippen LogP contribution in [0.3, 0.4) is 0 Å². The molecule has 0 bridgehead atoms. The fourth-order valence-corrected chi connectivity index (χ4v) is 3.30. The molecule has 0 spiro atoms. The van der Waals surface area contributed by atoms with E-state index in [2.05, 4.69) is 20.0 Å². The lowest BCUT2D eigenvalue weighted by Crippen LogP contribution is -2.51. The van der Waals surface area contributed by atoms with Crippen LogP contribution >= 0.6 is 0 Å². The van der Waals surface area contributed by atoms with Crippen molar-refractivity contribution in [1.29, 1.82) is 0 Å². The summed E-state index contributed by atoms with van der Waals surface area (Å²) in [5.41, 5.74) is 4.30. The van der Waals surface area contributed by atoms with Crippen molar-refractivity contribution in [2.45, 2.75) is 25.9 Å². The fourth-order valence-electron chi connectivity index (χ4n) is 3.30. The van der Waals surface area contributed by atoms with Crippen LogP contribution in [0, 0.1) is 6.92 Å². The third-order valence-electron chi connectivity index (χ3n) is 4.89. The lowest BCUT2D eigenvalue weighted by Gasteiger charge is -2.38. The summed E-state index contributed by atoms with van der Waals surface area (Å²) in [4.78, 5) is 11.0. The number of aliphatic hydroxyl groups is 1. The summed E-state index contributed by atoms with van der Waals surface area (Å²) < 4.78 is 40.7. The zero-order valence-corrected chi connectivity index (χ0v) is 16.7. The Labute approximate surface area is 177 Å². The number of aryl methyl sites for hydroxylation is 1. The molecule has 162 valence electrons. The fraction of sp³-hybridized carbons (Fsp3) is 0.273. The number of β-amino-alcohol motifs (C(OH)–C–C–N with tert-alkyl or cyclic N) is 1. The first-order valence-electron chi connectivity index (χ1n) is 9.71. The summed E-state index contributed by atoms with van der Waals surface area (Å²) in [7, 11) is 0. The van der Waals surface area contributed by atoms with Crippen LogP contribution in [0.4, 0.5) is 24.7 Å². The van der Waals surface area contributed by atoms with Crippen LogP contribution in [0.5, 0.6) is 5.75 Å². The molecule has 1 aromatic carbocycles. The van der Waals surface area contributed by atoms with Gasteiger partial charge in [-0.2, -0.15) is 0 Å². The van der Waals surface area contributed by atoms with E-state index in [9.17, 15) is 18.3 Å². The van der Waals surface area contributed by atoms with Crippen molar-refractivity contribution >= 4 is 11.5 Å². The van der Waals surface area contributed by atoms with Crippen molar-refractivity contribution in [1.82, 2.24) is 9.97 Å². The molecule has 0 atom stereocenters. The molecule has 2 N–H and O–H groups in total. The van der Waals surface area contributed by atoms with E-state index in [0.29, 0.717) is 25.3 Å². The number of pyridine rings is 2. The molecule has 6 nitrogen and oxygen atoms in total. The van der Waals surface area contributed by atoms with Crippen molar-refractivity contribution < 1.29 is 23.0 Å². The van der Waals surface area contributed by atoms with Crippen LogP contribution in [0.15, 0.2) is 54.9 Å². The van der Waals surface area contributed by atoms with Crippen LogP contribution in [0.2, 0.25) is 0 Å². The lowest BCUT2D eigenvalue weighted by molar-refractivity contribution is -0.274. The van der Waals surface area contributed by atoms with Crippen LogP contribution in [0.1, 0.15) is 11.3 Å². The first kappa shape index (κ1) is 20.9. The molecule has 9 heteroatoms. The van der Waals surface area contributed by atoms with Crippen molar-refractivity contribution in [2.75, 3.05) is 23.3 Å². The van der Waals surface area contributed by atoms with Gasteiger partial charge in [-0.15, -0.1) is 13.2 Å². The van der Waals surface area contributed by atoms with E-state index in [1.165, 1.54) is 24.3 Å². The van der Waals surface area contributed by atoms with Gasteiger partial charge in [0.05, 0.1) is 6.10 Å². The maximum Gasteiger partial charge on any atom is 0.573 e. The molecule has 1 fully saturated rings. The molecule has 0 aliphatic carbocycles. The minimum atomic E-state index is -4.71. The van der Waals surface area contributed by atoms with Gasteiger partial charge in [-0.1, -0.05) is 6.07 Å². The van der Waals surface area contributed by atoms with E-state index in [0.717, 1.165) is 28.2 Å². The van der Waals surface area contributed by atoms with Gasteiger partial charge in [0.2, 0.25) is 0 Å². The summed E-state index contributed by atoms with van der Waals surface area (Å²) in [6.07, 6.45) is -1.52. The highest BCUT2D eigenvalue weighted by molar-refractivity contribution is 5.76. The number of aliphatic hydroxyl groups excluding tert-OH is 1. The number of ether oxygens (including phenoxy) is 1. The predicted molar refractivity (Wildman–Crippen MR) is 111 cm³/mol. The highest BCUT2D eigenvalue weighted by atomic mass is 19.4. The monoisotopic (exact) mass is 430 g/mol. The molecule has 1 aliphatic rings. The Bertz CT molecular complexity index is 1030. The molecule has 2 aromatic heterocycles. The quantitative estimate of drug-likeness (QED) is 0.613.